The summed E-state index contributed by atoms with van der Waals surface area (Å²) in [6, 6.07) is 6.93. The third-order valence-electron chi connectivity index (χ3n) is 12.4. The van der Waals surface area contributed by atoms with E-state index in [0.717, 1.165) is 50.7 Å². The minimum absolute atomic E-state index is 0.231. The lowest BCUT2D eigenvalue weighted by Gasteiger charge is -2.40. The first-order valence-corrected chi connectivity index (χ1v) is 24.4. The van der Waals surface area contributed by atoms with E-state index in [0.29, 0.717) is 18.5 Å². The average molecular weight is 876 g/mol. The van der Waals surface area contributed by atoms with Crippen LogP contribution in [-0.2, 0) is 27.2 Å². The number of ether oxygens (including phenoxy) is 3. The van der Waals surface area contributed by atoms with Gasteiger partial charge >= 0.3 is 0 Å². The Bertz CT molecular complexity index is 1390. The largest absolute Gasteiger partial charge is 0.497 e. The van der Waals surface area contributed by atoms with Crippen molar-refractivity contribution in [1.29, 1.82) is 0 Å². The number of unbranched alkanes of at least 4 members (excludes halogenated alkanes) is 22. The molecule has 1 amide bonds. The smallest absolute Gasteiger partial charge is 0.220 e. The fourth-order valence-electron chi connectivity index (χ4n) is 8.27. The van der Waals surface area contributed by atoms with Gasteiger partial charge in [-0.1, -0.05) is 154 Å². The predicted octanol–water partition coefficient (Wildman–Crippen LogP) is 7.60. The molecule has 0 radical (unpaired) electrons. The zero-order valence-corrected chi connectivity index (χ0v) is 38.3. The van der Waals surface area contributed by atoms with Crippen LogP contribution in [0.2, 0.25) is 0 Å². The van der Waals surface area contributed by atoms with Crippen LogP contribution in [0, 0.1) is 0 Å². The average Bonchev–Trinajstić information content (AvgIpc) is 3.76. The fraction of sp³-hybridized carbons (Fsp3) is 0.796. The topological polar surface area (TPSA) is 196 Å². The van der Waals surface area contributed by atoms with E-state index < -0.39 is 62.2 Å². The van der Waals surface area contributed by atoms with E-state index in [-0.39, 0.29) is 12.3 Å². The van der Waals surface area contributed by atoms with Crippen molar-refractivity contribution in [3.8, 4) is 5.75 Å². The number of carbonyl (C=O) groups excluding carboxylic acids is 1. The second kappa shape index (κ2) is 32.9. The molecule has 1 fully saturated rings. The number of aryl methyl sites for hydroxylation is 2. The van der Waals surface area contributed by atoms with E-state index in [9.17, 15) is 35.4 Å². The van der Waals surface area contributed by atoms with Crippen LogP contribution in [-0.4, -0.2) is 110 Å². The van der Waals surface area contributed by atoms with Crippen LogP contribution in [0.3, 0.4) is 0 Å². The summed E-state index contributed by atoms with van der Waals surface area (Å²) in [5.41, 5.74) is 1.62. The Labute approximate surface area is 373 Å². The van der Waals surface area contributed by atoms with E-state index in [1.165, 1.54) is 121 Å². The first-order valence-electron chi connectivity index (χ1n) is 24.4. The maximum absolute atomic E-state index is 13.2. The molecule has 356 valence electrons. The van der Waals surface area contributed by atoms with Crippen LogP contribution >= 0.6 is 0 Å². The van der Waals surface area contributed by atoms with Crippen LogP contribution < -0.4 is 10.1 Å². The monoisotopic (exact) mass is 876 g/mol. The Hall–Kier alpha value is -2.62. The summed E-state index contributed by atoms with van der Waals surface area (Å²) >= 11 is 0. The summed E-state index contributed by atoms with van der Waals surface area (Å²) in [5.74, 6) is 0.517. The first-order chi connectivity index (χ1) is 30.2. The highest BCUT2D eigenvalue weighted by molar-refractivity contribution is 5.76. The standard InChI is InChI=1S/C49H85N3O10/c1-3-4-5-6-7-8-9-10-11-12-13-14-15-16-17-18-19-20-21-22-25-28-43(54)51-41(37-61-49-48(59)47(58)46(57)42(36-53)62-49)45(56)44(55)39-34-50-52(35-39)33-26-23-24-27-38-29-31-40(60-2)32-30-38/h29-32,34-35,41-42,44-49,53,55-59H,3-28,33,36-37H2,1-2H3,(H,51,54)/t41-,42+,44+,45-,46-,47-,48+,49-/m0/s1. The molecule has 2 aromatic rings. The lowest BCUT2D eigenvalue weighted by molar-refractivity contribution is -0.303. The molecule has 1 aliphatic rings. The minimum atomic E-state index is -1.65. The van der Waals surface area contributed by atoms with Crippen molar-refractivity contribution in [2.75, 3.05) is 20.3 Å². The van der Waals surface area contributed by atoms with Gasteiger partial charge in [-0.3, -0.25) is 9.48 Å². The van der Waals surface area contributed by atoms with Crippen LogP contribution in [0.15, 0.2) is 36.7 Å². The summed E-state index contributed by atoms with van der Waals surface area (Å²) in [6.07, 6.45) is 23.6. The molecule has 2 heterocycles. The molecule has 13 heteroatoms. The molecule has 0 aliphatic carbocycles. The summed E-state index contributed by atoms with van der Waals surface area (Å²) in [4.78, 5) is 13.2. The number of amides is 1. The molecular weight excluding hydrogens is 791 g/mol. The number of aromatic nitrogens is 2. The van der Waals surface area contributed by atoms with Crippen LogP contribution in [0.1, 0.15) is 185 Å². The highest BCUT2D eigenvalue weighted by atomic mass is 16.7. The van der Waals surface area contributed by atoms with Gasteiger partial charge in [0.05, 0.1) is 32.6 Å². The van der Waals surface area contributed by atoms with E-state index in [1.54, 1.807) is 18.0 Å². The lowest BCUT2D eigenvalue weighted by Crippen LogP contribution is -2.60. The number of aliphatic hydroxyl groups is 6. The molecule has 7 N–H and O–H groups in total. The SMILES string of the molecule is CCCCCCCCCCCCCCCCCCCCCCCC(=O)N[C@@H](CO[C@H]1O[C@H](CO)[C@H](O)[C@H](O)[C@H]1O)[C@H](O)[C@H](O)c1cnn(CCCCCc2ccc(OC)cc2)c1. The van der Waals surface area contributed by atoms with Gasteiger partial charge in [0.1, 0.15) is 42.4 Å². The van der Waals surface area contributed by atoms with Gasteiger partial charge in [-0.25, -0.2) is 0 Å². The van der Waals surface area contributed by atoms with E-state index in [2.05, 4.69) is 29.5 Å². The Morgan fingerprint density at radius 3 is 1.81 bits per heavy atom. The van der Waals surface area contributed by atoms with Gasteiger partial charge in [0.15, 0.2) is 6.29 Å². The number of nitrogens with zero attached hydrogens (tertiary/aromatic N) is 2. The number of hydrogen-bond acceptors (Lipinski definition) is 11. The van der Waals surface area contributed by atoms with Crippen molar-refractivity contribution in [1.82, 2.24) is 15.1 Å². The molecule has 0 unspecified atom stereocenters. The van der Waals surface area contributed by atoms with Gasteiger partial charge in [-0.15, -0.1) is 0 Å². The third-order valence-corrected chi connectivity index (χ3v) is 12.4. The van der Waals surface area contributed by atoms with E-state index >= 15 is 0 Å². The van der Waals surface area contributed by atoms with Crippen molar-refractivity contribution >= 4 is 5.91 Å². The van der Waals surface area contributed by atoms with Crippen LogP contribution in [0.5, 0.6) is 5.75 Å². The van der Waals surface area contributed by atoms with E-state index in [4.69, 9.17) is 14.2 Å². The van der Waals surface area contributed by atoms with E-state index in [1.807, 2.05) is 12.1 Å². The molecule has 0 saturated carbocycles. The Morgan fingerprint density at radius 2 is 1.27 bits per heavy atom. The number of benzene rings is 1. The lowest BCUT2D eigenvalue weighted by atomic mass is 9.99. The summed E-state index contributed by atoms with van der Waals surface area (Å²) in [5, 5.41) is 70.3. The van der Waals surface area contributed by atoms with Crippen molar-refractivity contribution in [3.63, 3.8) is 0 Å². The van der Waals surface area contributed by atoms with Gasteiger partial charge in [-0.2, -0.15) is 5.10 Å². The van der Waals surface area contributed by atoms with Crippen molar-refractivity contribution < 1.29 is 49.6 Å². The van der Waals surface area contributed by atoms with Crippen molar-refractivity contribution in [3.05, 3.63) is 47.8 Å². The molecule has 1 saturated heterocycles. The van der Waals surface area contributed by atoms with Gasteiger partial charge in [-0.05, 0) is 43.4 Å². The molecule has 62 heavy (non-hydrogen) atoms. The molecule has 8 atom stereocenters. The Balaban J connectivity index is 1.34. The first kappa shape index (κ1) is 53.7. The van der Waals surface area contributed by atoms with Gasteiger partial charge in [0, 0.05) is 24.7 Å². The summed E-state index contributed by atoms with van der Waals surface area (Å²) < 4.78 is 18.1. The molecule has 1 aliphatic heterocycles. The molecule has 3 rings (SSSR count). The maximum Gasteiger partial charge on any atom is 0.220 e. The Kier molecular flexibility index (Phi) is 28.5. The summed E-state index contributed by atoms with van der Waals surface area (Å²) in [7, 11) is 1.65. The number of rotatable bonds is 37. The minimum Gasteiger partial charge on any atom is -0.497 e. The molecule has 0 bridgehead atoms. The van der Waals surface area contributed by atoms with Crippen molar-refractivity contribution in [2.24, 2.45) is 0 Å². The summed E-state index contributed by atoms with van der Waals surface area (Å²) in [6.45, 7) is 1.88. The van der Waals surface area contributed by atoms with Gasteiger partial charge in [0.2, 0.25) is 5.91 Å². The van der Waals surface area contributed by atoms with Crippen LogP contribution in [0.4, 0.5) is 0 Å². The zero-order valence-electron chi connectivity index (χ0n) is 38.3. The Morgan fingerprint density at radius 1 is 0.742 bits per heavy atom. The molecule has 1 aromatic carbocycles. The third kappa shape index (κ3) is 21.4. The molecule has 1 aromatic heterocycles. The maximum atomic E-state index is 13.2. The highest BCUT2D eigenvalue weighted by Crippen LogP contribution is 2.25. The van der Waals surface area contributed by atoms with Gasteiger partial charge < -0.3 is 50.2 Å². The normalized spacial score (nSPS) is 20.5. The highest BCUT2D eigenvalue weighted by Gasteiger charge is 2.44. The van der Waals surface area contributed by atoms with Crippen molar-refractivity contribution in [2.45, 2.75) is 229 Å². The molecule has 13 nitrogen and oxygen atoms in total. The fourth-order valence-corrected chi connectivity index (χ4v) is 8.27. The number of hydrogen-bond donors (Lipinski definition) is 7. The van der Waals surface area contributed by atoms with Gasteiger partial charge in [0.25, 0.3) is 0 Å². The van der Waals surface area contributed by atoms with Crippen LogP contribution in [0.25, 0.3) is 0 Å². The number of aliphatic hydroxyl groups excluding tert-OH is 6. The number of carbonyl (C=O) groups is 1. The zero-order chi connectivity index (χ0) is 44.8. The number of nitrogens with one attached hydrogen (secondary N) is 1. The second-order valence-electron chi connectivity index (χ2n) is 17.7. The number of methoxy groups -OCH3 is 1. The second-order valence-corrected chi connectivity index (χ2v) is 17.7. The molecule has 0 spiro atoms. The molecular formula is C49H85N3O10. The predicted molar refractivity (Wildman–Crippen MR) is 243 cm³/mol. The quantitative estimate of drug-likeness (QED) is 0.0330.